The van der Waals surface area contributed by atoms with Gasteiger partial charge in [-0.2, -0.15) is 0 Å². The number of rotatable bonds is 6. The van der Waals surface area contributed by atoms with E-state index in [9.17, 15) is 4.21 Å². The van der Waals surface area contributed by atoms with Gasteiger partial charge in [0.1, 0.15) is 0 Å². The van der Waals surface area contributed by atoms with Crippen LogP contribution in [-0.2, 0) is 10.8 Å². The molecule has 1 saturated heterocycles. The van der Waals surface area contributed by atoms with Crippen LogP contribution in [0.15, 0.2) is 4.99 Å². The summed E-state index contributed by atoms with van der Waals surface area (Å²) in [6, 6.07) is 1.59. The fourth-order valence-corrected chi connectivity index (χ4v) is 5.62. The number of hydrogen-bond donors (Lipinski definition) is 2. The van der Waals surface area contributed by atoms with E-state index >= 15 is 0 Å². The van der Waals surface area contributed by atoms with Crippen molar-refractivity contribution >= 4 is 40.7 Å². The van der Waals surface area contributed by atoms with Gasteiger partial charge in [0.15, 0.2) is 5.96 Å². The van der Waals surface area contributed by atoms with Crippen molar-refractivity contribution in [2.24, 2.45) is 4.99 Å². The van der Waals surface area contributed by atoms with E-state index in [1.807, 2.05) is 14.0 Å². The molecule has 0 aromatic rings. The highest BCUT2D eigenvalue weighted by Crippen LogP contribution is 2.23. The van der Waals surface area contributed by atoms with Gasteiger partial charge in [0.25, 0.3) is 0 Å². The molecule has 0 bridgehead atoms. The van der Waals surface area contributed by atoms with Crippen molar-refractivity contribution in [2.75, 3.05) is 25.9 Å². The summed E-state index contributed by atoms with van der Waals surface area (Å²) in [6.45, 7) is 8.81. The fourth-order valence-electron chi connectivity index (χ4n) is 4.28. The van der Waals surface area contributed by atoms with E-state index in [-0.39, 0.29) is 24.0 Å². The van der Waals surface area contributed by atoms with Crippen LogP contribution in [-0.4, -0.2) is 64.3 Å². The molecule has 2 rings (SSSR count). The molecule has 1 aliphatic carbocycles. The van der Waals surface area contributed by atoms with E-state index in [1.165, 1.54) is 25.8 Å². The van der Waals surface area contributed by atoms with E-state index in [2.05, 4.69) is 34.4 Å². The van der Waals surface area contributed by atoms with Crippen LogP contribution in [0.1, 0.15) is 65.7 Å². The Kier molecular flexibility index (Phi) is 11.7. The van der Waals surface area contributed by atoms with Crippen LogP contribution in [0.3, 0.4) is 0 Å². The van der Waals surface area contributed by atoms with Gasteiger partial charge in [-0.3, -0.25) is 14.1 Å². The molecule has 0 amide bonds. The van der Waals surface area contributed by atoms with Crippen LogP contribution in [0.25, 0.3) is 0 Å². The van der Waals surface area contributed by atoms with Gasteiger partial charge in [-0.25, -0.2) is 0 Å². The number of aliphatic imine (C=N–C) groups is 1. The van der Waals surface area contributed by atoms with Gasteiger partial charge in [0.2, 0.25) is 0 Å². The van der Waals surface area contributed by atoms with Gasteiger partial charge in [-0.15, -0.1) is 24.0 Å². The minimum atomic E-state index is -0.676. The highest BCUT2D eigenvalue weighted by Gasteiger charge is 2.27. The molecule has 5 atom stereocenters. The lowest BCUT2D eigenvalue weighted by molar-refractivity contribution is 0.115. The summed E-state index contributed by atoms with van der Waals surface area (Å²) in [6.07, 6.45) is 8.41. The Labute approximate surface area is 180 Å². The molecule has 5 unspecified atom stereocenters. The van der Waals surface area contributed by atoms with Crippen molar-refractivity contribution < 1.29 is 4.21 Å². The van der Waals surface area contributed by atoms with Crippen molar-refractivity contribution in [2.45, 2.75) is 89.1 Å². The quantitative estimate of drug-likeness (QED) is 0.336. The Balaban J connectivity index is 0.00000338. The van der Waals surface area contributed by atoms with Crippen LogP contribution >= 0.6 is 24.0 Å². The van der Waals surface area contributed by atoms with Crippen molar-refractivity contribution in [1.29, 1.82) is 0 Å². The number of nitrogens with zero attached hydrogens (tertiary/aromatic N) is 2. The second-order valence-corrected chi connectivity index (χ2v) is 9.69. The zero-order valence-corrected chi connectivity index (χ0v) is 20.1. The SMILES string of the molecule is CCS(=O)C1CCCC(NC(=NC)NCC(C)N2CCCCC2C)C1.I. The third kappa shape index (κ3) is 7.26. The number of halogens is 1. The molecule has 7 heteroatoms. The third-order valence-electron chi connectivity index (χ3n) is 5.83. The summed E-state index contributed by atoms with van der Waals surface area (Å²) >= 11 is 0. The first kappa shape index (κ1) is 24.1. The van der Waals surface area contributed by atoms with Crippen LogP contribution in [0, 0.1) is 0 Å². The van der Waals surface area contributed by atoms with Gasteiger partial charge in [-0.05, 0) is 52.5 Å². The Hall–Kier alpha value is 0.110. The molecule has 2 N–H and O–H groups in total. The molecule has 1 saturated carbocycles. The van der Waals surface area contributed by atoms with Crippen molar-refractivity contribution in [1.82, 2.24) is 15.5 Å². The predicted octanol–water partition coefficient (Wildman–Crippen LogP) is 3.11. The van der Waals surface area contributed by atoms with Crippen LogP contribution in [0.4, 0.5) is 0 Å². The summed E-state index contributed by atoms with van der Waals surface area (Å²) in [5.74, 6) is 1.67. The number of piperidine rings is 1. The van der Waals surface area contributed by atoms with Crippen LogP contribution in [0.5, 0.6) is 0 Å². The summed E-state index contributed by atoms with van der Waals surface area (Å²) in [4.78, 5) is 7.02. The summed E-state index contributed by atoms with van der Waals surface area (Å²) in [7, 11) is 1.16. The monoisotopic (exact) mass is 498 g/mol. The van der Waals surface area contributed by atoms with Crippen molar-refractivity contribution in [3.63, 3.8) is 0 Å². The number of nitrogens with one attached hydrogen (secondary N) is 2. The average molecular weight is 499 g/mol. The molecule has 0 aromatic carbocycles. The van der Waals surface area contributed by atoms with Crippen molar-refractivity contribution in [3.05, 3.63) is 0 Å². The maximum absolute atomic E-state index is 12.1. The zero-order chi connectivity index (χ0) is 18.2. The topological polar surface area (TPSA) is 56.7 Å². The minimum absolute atomic E-state index is 0. The second kappa shape index (κ2) is 12.5. The summed E-state index contributed by atoms with van der Waals surface area (Å²) in [5.41, 5.74) is 0. The predicted molar refractivity (Wildman–Crippen MR) is 124 cm³/mol. The lowest BCUT2D eigenvalue weighted by Crippen LogP contribution is -2.52. The molecular weight excluding hydrogens is 459 g/mol. The van der Waals surface area contributed by atoms with Gasteiger partial charge in [0.05, 0.1) is 0 Å². The van der Waals surface area contributed by atoms with Gasteiger partial charge < -0.3 is 10.6 Å². The molecule has 0 aromatic heterocycles. The minimum Gasteiger partial charge on any atom is -0.355 e. The largest absolute Gasteiger partial charge is 0.355 e. The van der Waals surface area contributed by atoms with E-state index < -0.39 is 10.8 Å². The molecule has 2 fully saturated rings. The Morgan fingerprint density at radius 1 is 1.27 bits per heavy atom. The lowest BCUT2D eigenvalue weighted by atomic mass is 9.95. The van der Waals surface area contributed by atoms with Crippen LogP contribution < -0.4 is 10.6 Å². The molecule has 26 heavy (non-hydrogen) atoms. The van der Waals surface area contributed by atoms with E-state index in [4.69, 9.17) is 0 Å². The molecule has 154 valence electrons. The normalized spacial score (nSPS) is 30.2. The number of hydrogen-bond acceptors (Lipinski definition) is 3. The maximum atomic E-state index is 12.1. The Morgan fingerprint density at radius 3 is 2.69 bits per heavy atom. The summed E-state index contributed by atoms with van der Waals surface area (Å²) in [5, 5.41) is 7.43. The third-order valence-corrected chi connectivity index (χ3v) is 7.57. The first-order valence-electron chi connectivity index (χ1n) is 10.1. The highest BCUT2D eigenvalue weighted by atomic mass is 127. The lowest BCUT2D eigenvalue weighted by Gasteiger charge is -2.38. The molecule has 1 aliphatic heterocycles. The highest BCUT2D eigenvalue weighted by molar-refractivity contribution is 14.0. The van der Waals surface area contributed by atoms with Gasteiger partial charge >= 0.3 is 0 Å². The summed E-state index contributed by atoms with van der Waals surface area (Å²) < 4.78 is 12.1. The molecule has 0 spiro atoms. The molecule has 0 radical (unpaired) electrons. The standard InChI is InChI=1S/C19H38N4OS.HI/c1-5-25(24)18-11-8-10-17(13-18)22-19(20-4)21-14-16(3)23-12-7-6-9-15(23)2;/h15-18H,5-14H2,1-4H3,(H2,20,21,22);1H. The van der Waals surface area contributed by atoms with E-state index in [0.29, 0.717) is 23.4 Å². The molecule has 1 heterocycles. The zero-order valence-electron chi connectivity index (χ0n) is 17.0. The van der Waals surface area contributed by atoms with Gasteiger partial charge in [0, 0.05) is 53.5 Å². The van der Waals surface area contributed by atoms with Crippen LogP contribution in [0.2, 0.25) is 0 Å². The Morgan fingerprint density at radius 2 is 2.04 bits per heavy atom. The fraction of sp³-hybridized carbons (Fsp3) is 0.947. The first-order valence-corrected chi connectivity index (χ1v) is 11.5. The van der Waals surface area contributed by atoms with Crippen molar-refractivity contribution in [3.8, 4) is 0 Å². The number of guanidine groups is 1. The smallest absolute Gasteiger partial charge is 0.191 e. The molecule has 5 nitrogen and oxygen atoms in total. The van der Waals surface area contributed by atoms with E-state index in [1.54, 1.807) is 0 Å². The maximum Gasteiger partial charge on any atom is 0.191 e. The van der Waals surface area contributed by atoms with E-state index in [0.717, 1.165) is 43.9 Å². The molecular formula is C19H39IN4OS. The first-order chi connectivity index (χ1) is 12.0. The number of likely N-dealkylation sites (tertiary alicyclic amines) is 1. The second-order valence-electron chi connectivity index (χ2n) is 7.68. The van der Waals surface area contributed by atoms with Gasteiger partial charge in [-0.1, -0.05) is 19.8 Å². The Bertz CT molecular complexity index is 463. The average Bonchev–Trinajstić information content (AvgIpc) is 2.64. The molecule has 2 aliphatic rings.